The molecule has 2 aliphatic rings. The number of ether oxygens (including phenoxy) is 3. The van der Waals surface area contributed by atoms with Gasteiger partial charge in [-0.15, -0.1) is 5.10 Å². The van der Waals surface area contributed by atoms with Crippen molar-refractivity contribution < 1.29 is 14.2 Å². The fraction of sp³-hybridized carbons (Fsp3) is 0.143. The number of nitrogens with zero attached hydrogens (tertiary/aromatic N) is 2. The minimum Gasteiger partial charge on any atom is -0.454 e. The highest BCUT2D eigenvalue weighted by Crippen LogP contribution is 2.46. The lowest BCUT2D eigenvalue weighted by Gasteiger charge is -2.24. The first-order valence-electron chi connectivity index (χ1n) is 8.78. The molecule has 5 rings (SSSR count). The molecule has 0 unspecified atom stereocenters. The van der Waals surface area contributed by atoms with E-state index in [0.717, 1.165) is 27.9 Å². The number of aromatic amines is 1. The summed E-state index contributed by atoms with van der Waals surface area (Å²) in [5.41, 5.74) is 10.8. The van der Waals surface area contributed by atoms with Crippen molar-refractivity contribution in [1.29, 1.82) is 5.26 Å². The molecule has 2 aromatic carbocycles. The van der Waals surface area contributed by atoms with E-state index in [1.54, 1.807) is 0 Å². The van der Waals surface area contributed by atoms with E-state index in [2.05, 4.69) is 16.3 Å². The Hall–Kier alpha value is -3.92. The van der Waals surface area contributed by atoms with Crippen LogP contribution in [0.2, 0.25) is 0 Å². The molecule has 3 aromatic rings. The molecule has 3 N–H and O–H groups in total. The molecule has 0 saturated heterocycles. The van der Waals surface area contributed by atoms with Gasteiger partial charge in [0.05, 0.1) is 17.2 Å². The van der Waals surface area contributed by atoms with Gasteiger partial charge in [-0.2, -0.15) is 5.26 Å². The zero-order valence-electron chi connectivity index (χ0n) is 15.0. The molecule has 0 amide bonds. The largest absolute Gasteiger partial charge is 0.454 e. The Bertz CT molecular complexity index is 1170. The molecule has 1 atom stereocenters. The molecule has 0 fully saturated rings. The van der Waals surface area contributed by atoms with Crippen LogP contribution in [0.3, 0.4) is 0 Å². The van der Waals surface area contributed by atoms with Crippen LogP contribution in [0, 0.1) is 18.3 Å². The molecule has 7 heteroatoms. The third kappa shape index (κ3) is 2.39. The van der Waals surface area contributed by atoms with Crippen LogP contribution in [-0.2, 0) is 0 Å². The number of rotatable bonds is 2. The van der Waals surface area contributed by atoms with Crippen LogP contribution in [0.1, 0.15) is 22.6 Å². The first-order valence-corrected chi connectivity index (χ1v) is 8.78. The van der Waals surface area contributed by atoms with Gasteiger partial charge in [0.1, 0.15) is 11.6 Å². The third-order valence-corrected chi connectivity index (χ3v) is 4.98. The number of aryl methyl sites for hydroxylation is 1. The fourth-order valence-electron chi connectivity index (χ4n) is 3.70. The summed E-state index contributed by atoms with van der Waals surface area (Å²) in [5.74, 6) is 1.43. The van der Waals surface area contributed by atoms with Gasteiger partial charge in [-0.1, -0.05) is 29.8 Å². The van der Waals surface area contributed by atoms with Gasteiger partial charge in [-0.3, -0.25) is 5.10 Å². The summed E-state index contributed by atoms with van der Waals surface area (Å²) in [4.78, 5) is 0. The van der Waals surface area contributed by atoms with Crippen LogP contribution in [0.25, 0.3) is 11.3 Å². The average molecular weight is 372 g/mol. The zero-order valence-corrected chi connectivity index (χ0v) is 15.0. The predicted molar refractivity (Wildman–Crippen MR) is 101 cm³/mol. The SMILES string of the molecule is Cc1cccc([C@@H]2C(C#N)=C(N)Oc3n[nH]c(-c4ccc5c(c4)OCO5)c32)c1. The molecule has 0 radical (unpaired) electrons. The van der Waals surface area contributed by atoms with Crippen molar-refractivity contribution in [2.45, 2.75) is 12.8 Å². The van der Waals surface area contributed by atoms with E-state index in [0.29, 0.717) is 23.0 Å². The highest BCUT2D eigenvalue weighted by atomic mass is 16.7. The lowest BCUT2D eigenvalue weighted by atomic mass is 9.82. The smallest absolute Gasteiger partial charge is 0.244 e. The molecule has 0 saturated carbocycles. The van der Waals surface area contributed by atoms with Crippen molar-refractivity contribution in [3.8, 4) is 34.7 Å². The number of nitrogens with two attached hydrogens (primary N) is 1. The molecular weight excluding hydrogens is 356 g/mol. The van der Waals surface area contributed by atoms with Crippen molar-refractivity contribution in [3.05, 3.63) is 70.6 Å². The Morgan fingerprint density at radius 1 is 1.18 bits per heavy atom. The Labute approximate surface area is 161 Å². The molecule has 0 spiro atoms. The van der Waals surface area contributed by atoms with Gasteiger partial charge in [-0.05, 0) is 30.7 Å². The lowest BCUT2D eigenvalue weighted by Crippen LogP contribution is -2.21. The van der Waals surface area contributed by atoms with Crippen molar-refractivity contribution in [3.63, 3.8) is 0 Å². The van der Waals surface area contributed by atoms with Crippen molar-refractivity contribution in [2.75, 3.05) is 6.79 Å². The normalized spacial score (nSPS) is 17.1. The lowest BCUT2D eigenvalue weighted by molar-refractivity contribution is 0.174. The number of fused-ring (bicyclic) bond motifs is 2. The number of nitrogens with one attached hydrogen (secondary N) is 1. The first-order chi connectivity index (χ1) is 13.7. The number of benzene rings is 2. The van der Waals surface area contributed by atoms with E-state index in [1.165, 1.54) is 0 Å². The van der Waals surface area contributed by atoms with Gasteiger partial charge >= 0.3 is 0 Å². The summed E-state index contributed by atoms with van der Waals surface area (Å²) in [6, 6.07) is 15.9. The molecule has 138 valence electrons. The van der Waals surface area contributed by atoms with Gasteiger partial charge in [-0.25, -0.2) is 0 Å². The van der Waals surface area contributed by atoms with E-state index in [-0.39, 0.29) is 18.6 Å². The predicted octanol–water partition coefficient (Wildman–Crippen LogP) is 3.33. The summed E-state index contributed by atoms with van der Waals surface area (Å²) in [5, 5.41) is 17.1. The number of aromatic nitrogens is 2. The highest BCUT2D eigenvalue weighted by molar-refractivity contribution is 5.73. The monoisotopic (exact) mass is 372 g/mol. The van der Waals surface area contributed by atoms with Crippen molar-refractivity contribution in [2.24, 2.45) is 5.73 Å². The van der Waals surface area contributed by atoms with E-state index in [1.807, 2.05) is 49.4 Å². The molecule has 2 aliphatic heterocycles. The van der Waals surface area contributed by atoms with Gasteiger partial charge in [0, 0.05) is 5.56 Å². The molecule has 0 bridgehead atoms. The van der Waals surface area contributed by atoms with Crippen molar-refractivity contribution >= 4 is 0 Å². The Morgan fingerprint density at radius 3 is 2.86 bits per heavy atom. The quantitative estimate of drug-likeness (QED) is 0.715. The van der Waals surface area contributed by atoms with E-state index in [4.69, 9.17) is 19.9 Å². The molecule has 28 heavy (non-hydrogen) atoms. The Kier molecular flexibility index (Phi) is 3.52. The summed E-state index contributed by atoms with van der Waals surface area (Å²) < 4.78 is 16.5. The van der Waals surface area contributed by atoms with Gasteiger partial charge in [0.25, 0.3) is 0 Å². The fourth-order valence-corrected chi connectivity index (χ4v) is 3.70. The van der Waals surface area contributed by atoms with Gasteiger partial charge in [0.2, 0.25) is 18.6 Å². The van der Waals surface area contributed by atoms with Crippen molar-refractivity contribution in [1.82, 2.24) is 10.2 Å². The van der Waals surface area contributed by atoms with Crippen LogP contribution < -0.4 is 19.9 Å². The summed E-state index contributed by atoms with van der Waals surface area (Å²) >= 11 is 0. The van der Waals surface area contributed by atoms with Gasteiger partial charge < -0.3 is 19.9 Å². The van der Waals surface area contributed by atoms with Crippen LogP contribution in [0.5, 0.6) is 17.4 Å². The van der Waals surface area contributed by atoms with E-state index >= 15 is 0 Å². The van der Waals surface area contributed by atoms with E-state index < -0.39 is 0 Å². The Morgan fingerprint density at radius 2 is 2.04 bits per heavy atom. The summed E-state index contributed by atoms with van der Waals surface area (Å²) in [6.07, 6.45) is 0. The minimum atomic E-state index is -0.382. The molecule has 1 aromatic heterocycles. The number of H-pyrrole nitrogens is 1. The van der Waals surface area contributed by atoms with Crippen LogP contribution in [-0.4, -0.2) is 17.0 Å². The standard InChI is InChI=1S/C21H16N4O3/c1-11-3-2-4-12(7-11)17-14(9-22)20(23)28-21-18(17)19(24-25-21)13-5-6-15-16(8-13)27-10-26-15/h2-8,17H,10,23H2,1H3,(H,24,25)/t17-/m1/s1. The average Bonchev–Trinajstić information content (AvgIpc) is 3.32. The molecule has 7 nitrogen and oxygen atoms in total. The van der Waals surface area contributed by atoms with E-state index in [9.17, 15) is 5.26 Å². The highest BCUT2D eigenvalue weighted by Gasteiger charge is 2.35. The van der Waals surface area contributed by atoms with Crippen LogP contribution >= 0.6 is 0 Å². The maximum absolute atomic E-state index is 9.78. The number of allylic oxidation sites excluding steroid dienone is 1. The van der Waals surface area contributed by atoms with Gasteiger partial charge in [0.15, 0.2) is 11.5 Å². The second-order valence-electron chi connectivity index (χ2n) is 6.72. The van der Waals surface area contributed by atoms with Crippen LogP contribution in [0.4, 0.5) is 0 Å². The molecule has 3 heterocycles. The van der Waals surface area contributed by atoms with Crippen LogP contribution in [0.15, 0.2) is 53.9 Å². The second kappa shape index (κ2) is 6.06. The summed E-state index contributed by atoms with van der Waals surface area (Å²) in [6.45, 7) is 2.21. The topological polar surface area (TPSA) is 106 Å². The first kappa shape index (κ1) is 16.3. The number of hydrogen-bond donors (Lipinski definition) is 2. The molecule has 0 aliphatic carbocycles. The minimum absolute atomic E-state index is 0.0743. The zero-order chi connectivity index (χ0) is 19.3. The second-order valence-corrected chi connectivity index (χ2v) is 6.72. The summed E-state index contributed by atoms with van der Waals surface area (Å²) in [7, 11) is 0. The maximum atomic E-state index is 9.78. The Balaban J connectivity index is 1.71. The molecular formula is C21H16N4O3. The maximum Gasteiger partial charge on any atom is 0.244 e. The third-order valence-electron chi connectivity index (χ3n) is 4.98. The number of nitriles is 1. The number of hydrogen-bond acceptors (Lipinski definition) is 6.